The highest BCUT2D eigenvalue weighted by Gasteiger charge is 2.12. The van der Waals surface area contributed by atoms with Crippen molar-refractivity contribution in [2.75, 3.05) is 11.4 Å². The number of rotatable bonds is 5. The van der Waals surface area contributed by atoms with E-state index in [4.69, 9.17) is 10.2 Å². The molecule has 0 aliphatic heterocycles. The summed E-state index contributed by atoms with van der Waals surface area (Å²) in [5, 5.41) is 0. The maximum atomic E-state index is 5.70. The van der Waals surface area contributed by atoms with E-state index in [0.717, 1.165) is 24.4 Å². The second kappa shape index (κ2) is 5.74. The third-order valence-corrected chi connectivity index (χ3v) is 3.23. The maximum Gasteiger partial charge on any atom is 0.127 e. The van der Waals surface area contributed by atoms with Gasteiger partial charge in [-0.2, -0.15) is 0 Å². The lowest BCUT2D eigenvalue weighted by atomic mass is 10.1. The first-order valence-electron chi connectivity index (χ1n) is 6.32. The van der Waals surface area contributed by atoms with Crippen LogP contribution in [0.1, 0.15) is 23.8 Å². The molecule has 0 radical (unpaired) electrons. The Hall–Kier alpha value is -1.74. The fourth-order valence-corrected chi connectivity index (χ4v) is 2.15. The number of nitrogens with zero attached hydrogens (tertiary/aromatic N) is 1. The van der Waals surface area contributed by atoms with Gasteiger partial charge in [0.1, 0.15) is 5.76 Å². The van der Waals surface area contributed by atoms with Crippen LogP contribution in [-0.2, 0) is 13.1 Å². The monoisotopic (exact) mass is 244 g/mol. The molecule has 2 aromatic rings. The van der Waals surface area contributed by atoms with Crippen molar-refractivity contribution in [3.8, 4) is 0 Å². The highest BCUT2D eigenvalue weighted by molar-refractivity contribution is 5.53. The molecule has 0 fully saturated rings. The maximum absolute atomic E-state index is 5.70. The molecular formula is C15H20N2O. The van der Waals surface area contributed by atoms with Gasteiger partial charge in [-0.05, 0) is 31.5 Å². The standard InChI is InChI=1S/C15H20N2O/c1-3-17(14-7-5-4-6-12(14)2)11-15-13(10-16)8-9-18-15/h4-9H,3,10-11,16H2,1-2H3. The molecule has 0 amide bonds. The minimum absolute atomic E-state index is 0.525. The van der Waals surface area contributed by atoms with Crippen LogP contribution in [0.4, 0.5) is 5.69 Å². The molecule has 3 nitrogen and oxygen atoms in total. The van der Waals surface area contributed by atoms with E-state index in [-0.39, 0.29) is 0 Å². The largest absolute Gasteiger partial charge is 0.467 e. The van der Waals surface area contributed by atoms with Crippen molar-refractivity contribution in [2.45, 2.75) is 26.9 Å². The Balaban J connectivity index is 2.23. The molecule has 1 aromatic carbocycles. The molecule has 0 saturated heterocycles. The lowest BCUT2D eigenvalue weighted by Gasteiger charge is -2.24. The van der Waals surface area contributed by atoms with Gasteiger partial charge in [-0.15, -0.1) is 0 Å². The zero-order chi connectivity index (χ0) is 13.0. The zero-order valence-corrected chi connectivity index (χ0v) is 11.0. The predicted octanol–water partition coefficient (Wildman–Crippen LogP) is 3.07. The number of anilines is 1. The van der Waals surface area contributed by atoms with Crippen LogP contribution in [0.25, 0.3) is 0 Å². The molecule has 0 bridgehead atoms. The number of nitrogens with two attached hydrogens (primary N) is 1. The van der Waals surface area contributed by atoms with Gasteiger partial charge in [0.15, 0.2) is 0 Å². The Kier molecular flexibility index (Phi) is 4.05. The van der Waals surface area contributed by atoms with Crippen molar-refractivity contribution in [3.05, 3.63) is 53.5 Å². The smallest absolute Gasteiger partial charge is 0.127 e. The molecule has 2 N–H and O–H groups in total. The molecule has 3 heteroatoms. The molecule has 0 atom stereocenters. The fraction of sp³-hybridized carbons (Fsp3) is 0.333. The molecule has 0 aliphatic carbocycles. The first-order valence-corrected chi connectivity index (χ1v) is 6.32. The van der Waals surface area contributed by atoms with E-state index in [1.54, 1.807) is 6.26 Å². The molecule has 0 spiro atoms. The van der Waals surface area contributed by atoms with Crippen LogP contribution < -0.4 is 10.6 Å². The molecule has 1 heterocycles. The number of hydrogen-bond donors (Lipinski definition) is 1. The average Bonchev–Trinajstić information content (AvgIpc) is 2.84. The van der Waals surface area contributed by atoms with Crippen LogP contribution in [0.15, 0.2) is 41.0 Å². The second-order valence-corrected chi connectivity index (χ2v) is 4.37. The van der Waals surface area contributed by atoms with Crippen molar-refractivity contribution < 1.29 is 4.42 Å². The summed E-state index contributed by atoms with van der Waals surface area (Å²) < 4.78 is 5.53. The highest BCUT2D eigenvalue weighted by Crippen LogP contribution is 2.22. The first-order chi connectivity index (χ1) is 8.76. The van der Waals surface area contributed by atoms with Crippen LogP contribution in [0, 0.1) is 6.92 Å². The van der Waals surface area contributed by atoms with Gasteiger partial charge < -0.3 is 15.1 Å². The van der Waals surface area contributed by atoms with Gasteiger partial charge in [0.25, 0.3) is 0 Å². The Morgan fingerprint density at radius 3 is 2.67 bits per heavy atom. The Bertz CT molecular complexity index is 505. The van der Waals surface area contributed by atoms with Gasteiger partial charge in [0, 0.05) is 24.3 Å². The summed E-state index contributed by atoms with van der Waals surface area (Å²) in [6.45, 7) is 6.51. The second-order valence-electron chi connectivity index (χ2n) is 4.37. The van der Waals surface area contributed by atoms with Crippen molar-refractivity contribution in [1.82, 2.24) is 0 Å². The third kappa shape index (κ3) is 2.57. The van der Waals surface area contributed by atoms with Crippen molar-refractivity contribution in [1.29, 1.82) is 0 Å². The summed E-state index contributed by atoms with van der Waals surface area (Å²) in [7, 11) is 0. The number of para-hydroxylation sites is 1. The number of benzene rings is 1. The summed E-state index contributed by atoms with van der Waals surface area (Å²) in [6.07, 6.45) is 1.71. The minimum atomic E-state index is 0.525. The normalized spacial score (nSPS) is 10.6. The van der Waals surface area contributed by atoms with Gasteiger partial charge in [-0.25, -0.2) is 0 Å². The molecule has 1 aromatic heterocycles. The lowest BCUT2D eigenvalue weighted by Crippen LogP contribution is -2.23. The van der Waals surface area contributed by atoms with Gasteiger partial charge >= 0.3 is 0 Å². The molecule has 2 rings (SSSR count). The van der Waals surface area contributed by atoms with E-state index >= 15 is 0 Å². The quantitative estimate of drug-likeness (QED) is 0.879. The first kappa shape index (κ1) is 12.7. The molecule has 96 valence electrons. The SMILES string of the molecule is CCN(Cc1occc1CN)c1ccccc1C. The van der Waals surface area contributed by atoms with E-state index in [1.165, 1.54) is 11.3 Å². The number of furan rings is 1. The van der Waals surface area contributed by atoms with E-state index in [2.05, 4.69) is 43.0 Å². The van der Waals surface area contributed by atoms with Crippen LogP contribution >= 0.6 is 0 Å². The topological polar surface area (TPSA) is 42.4 Å². The average molecular weight is 244 g/mol. The highest BCUT2D eigenvalue weighted by atomic mass is 16.3. The summed E-state index contributed by atoms with van der Waals surface area (Å²) >= 11 is 0. The number of aryl methyl sites for hydroxylation is 1. The molecule has 0 aliphatic rings. The van der Waals surface area contributed by atoms with Crippen LogP contribution in [0.2, 0.25) is 0 Å². The number of hydrogen-bond acceptors (Lipinski definition) is 3. The molecule has 0 saturated carbocycles. The van der Waals surface area contributed by atoms with Crippen LogP contribution in [-0.4, -0.2) is 6.54 Å². The van der Waals surface area contributed by atoms with Gasteiger partial charge in [-0.1, -0.05) is 18.2 Å². The fourth-order valence-electron chi connectivity index (χ4n) is 2.15. The van der Waals surface area contributed by atoms with Gasteiger partial charge in [-0.3, -0.25) is 0 Å². The van der Waals surface area contributed by atoms with Crippen molar-refractivity contribution in [3.63, 3.8) is 0 Å². The van der Waals surface area contributed by atoms with E-state index < -0.39 is 0 Å². The Morgan fingerprint density at radius 2 is 2.00 bits per heavy atom. The zero-order valence-electron chi connectivity index (χ0n) is 11.0. The van der Waals surface area contributed by atoms with Crippen molar-refractivity contribution in [2.24, 2.45) is 5.73 Å². The van der Waals surface area contributed by atoms with Gasteiger partial charge in [0.2, 0.25) is 0 Å². The van der Waals surface area contributed by atoms with Crippen LogP contribution in [0.3, 0.4) is 0 Å². The third-order valence-electron chi connectivity index (χ3n) is 3.23. The van der Waals surface area contributed by atoms with Crippen molar-refractivity contribution >= 4 is 5.69 Å². The lowest BCUT2D eigenvalue weighted by molar-refractivity contribution is 0.499. The Labute approximate surface area is 108 Å². The van der Waals surface area contributed by atoms with Gasteiger partial charge in [0.05, 0.1) is 12.8 Å². The molecular weight excluding hydrogens is 224 g/mol. The van der Waals surface area contributed by atoms with E-state index in [1.807, 2.05) is 6.07 Å². The Morgan fingerprint density at radius 1 is 1.22 bits per heavy atom. The predicted molar refractivity (Wildman–Crippen MR) is 74.5 cm³/mol. The van der Waals surface area contributed by atoms with E-state index in [9.17, 15) is 0 Å². The van der Waals surface area contributed by atoms with E-state index in [0.29, 0.717) is 6.54 Å². The molecule has 18 heavy (non-hydrogen) atoms. The minimum Gasteiger partial charge on any atom is -0.467 e. The summed E-state index contributed by atoms with van der Waals surface area (Å²) in [6, 6.07) is 10.3. The summed E-state index contributed by atoms with van der Waals surface area (Å²) in [4.78, 5) is 2.30. The summed E-state index contributed by atoms with van der Waals surface area (Å²) in [5.74, 6) is 0.961. The molecule has 0 unspecified atom stereocenters. The summed E-state index contributed by atoms with van der Waals surface area (Å²) in [5.41, 5.74) is 9.31. The van der Waals surface area contributed by atoms with Crippen LogP contribution in [0.5, 0.6) is 0 Å².